The SMILES string of the molecule is CCOC=CC(=O)NC(=O)C[C@H](N)C(=O)O. The van der Waals surface area contributed by atoms with Gasteiger partial charge in [0.1, 0.15) is 6.04 Å². The van der Waals surface area contributed by atoms with E-state index in [4.69, 9.17) is 15.6 Å². The lowest BCUT2D eigenvalue weighted by Gasteiger charge is -2.04. The van der Waals surface area contributed by atoms with Gasteiger partial charge in [0.25, 0.3) is 5.91 Å². The Morgan fingerprint density at radius 2 is 2.12 bits per heavy atom. The summed E-state index contributed by atoms with van der Waals surface area (Å²) in [5.74, 6) is -2.73. The van der Waals surface area contributed by atoms with Gasteiger partial charge in [-0.3, -0.25) is 19.7 Å². The highest BCUT2D eigenvalue weighted by Crippen LogP contribution is 1.88. The van der Waals surface area contributed by atoms with Crippen LogP contribution in [0.4, 0.5) is 0 Å². The molecule has 0 heterocycles. The zero-order chi connectivity index (χ0) is 12.6. The minimum Gasteiger partial charge on any atom is -0.501 e. The summed E-state index contributed by atoms with van der Waals surface area (Å²) in [5, 5.41) is 10.4. The Bertz CT molecular complexity index is 300. The van der Waals surface area contributed by atoms with Crippen LogP contribution in [0.5, 0.6) is 0 Å². The standard InChI is InChI=1S/C9H14N2O5/c1-2-16-4-3-7(12)11-8(13)5-6(10)9(14)15/h3-4,6H,2,5,10H2,1H3,(H,14,15)(H,11,12,13)/t6-/m0/s1. The van der Waals surface area contributed by atoms with Gasteiger partial charge in [-0.2, -0.15) is 0 Å². The third kappa shape index (κ3) is 6.55. The number of ether oxygens (including phenoxy) is 1. The number of imide groups is 1. The fourth-order valence-corrected chi connectivity index (χ4v) is 0.723. The Hall–Kier alpha value is -1.89. The maximum Gasteiger partial charge on any atom is 0.321 e. The molecule has 0 aromatic rings. The molecular formula is C9H14N2O5. The molecule has 0 aromatic heterocycles. The third-order valence-electron chi connectivity index (χ3n) is 1.47. The Balaban J connectivity index is 3.96. The summed E-state index contributed by atoms with van der Waals surface area (Å²) in [7, 11) is 0. The molecule has 1 atom stereocenters. The second kappa shape index (κ2) is 7.41. The topological polar surface area (TPSA) is 119 Å². The molecule has 0 rings (SSSR count). The van der Waals surface area contributed by atoms with Gasteiger partial charge >= 0.3 is 5.97 Å². The summed E-state index contributed by atoms with van der Waals surface area (Å²) >= 11 is 0. The van der Waals surface area contributed by atoms with E-state index in [9.17, 15) is 14.4 Å². The fraction of sp³-hybridized carbons (Fsp3) is 0.444. The van der Waals surface area contributed by atoms with Crippen molar-refractivity contribution in [2.24, 2.45) is 5.73 Å². The molecular weight excluding hydrogens is 216 g/mol. The molecule has 0 saturated heterocycles. The quantitative estimate of drug-likeness (QED) is 0.397. The van der Waals surface area contributed by atoms with Crippen molar-refractivity contribution in [3.8, 4) is 0 Å². The Kier molecular flexibility index (Phi) is 6.53. The predicted molar refractivity (Wildman–Crippen MR) is 54.1 cm³/mol. The molecule has 0 aliphatic heterocycles. The lowest BCUT2D eigenvalue weighted by Crippen LogP contribution is -2.38. The second-order valence-electron chi connectivity index (χ2n) is 2.82. The average Bonchev–Trinajstić information content (AvgIpc) is 2.17. The van der Waals surface area contributed by atoms with Crippen LogP contribution in [-0.4, -0.2) is 35.5 Å². The Labute approximate surface area is 92.3 Å². The monoisotopic (exact) mass is 230 g/mol. The summed E-state index contributed by atoms with van der Waals surface area (Å²) in [5.41, 5.74) is 5.10. The molecule has 0 saturated carbocycles. The van der Waals surface area contributed by atoms with E-state index in [1.165, 1.54) is 0 Å². The van der Waals surface area contributed by atoms with E-state index >= 15 is 0 Å². The number of hydrogen-bond acceptors (Lipinski definition) is 5. The summed E-state index contributed by atoms with van der Waals surface area (Å²) < 4.78 is 4.73. The molecule has 2 amide bonds. The van der Waals surface area contributed by atoms with Gasteiger partial charge in [0.15, 0.2) is 0 Å². The maximum absolute atomic E-state index is 11.1. The molecule has 0 bridgehead atoms. The number of carboxylic acids is 1. The molecule has 0 aliphatic carbocycles. The summed E-state index contributed by atoms with van der Waals surface area (Å²) in [6.07, 6.45) is 1.71. The van der Waals surface area contributed by atoms with Crippen LogP contribution in [-0.2, 0) is 19.1 Å². The Morgan fingerprint density at radius 3 is 2.62 bits per heavy atom. The molecule has 0 aromatic carbocycles. The number of carboxylic acid groups (broad SMARTS) is 1. The molecule has 4 N–H and O–H groups in total. The van der Waals surface area contributed by atoms with E-state index in [0.717, 1.165) is 12.3 Å². The van der Waals surface area contributed by atoms with Crippen molar-refractivity contribution in [3.05, 3.63) is 12.3 Å². The molecule has 90 valence electrons. The number of amides is 2. The first-order valence-electron chi connectivity index (χ1n) is 4.57. The zero-order valence-electron chi connectivity index (χ0n) is 8.80. The van der Waals surface area contributed by atoms with E-state index < -0.39 is 30.2 Å². The second-order valence-corrected chi connectivity index (χ2v) is 2.82. The molecule has 7 nitrogen and oxygen atoms in total. The lowest BCUT2D eigenvalue weighted by atomic mass is 10.2. The first kappa shape index (κ1) is 14.1. The van der Waals surface area contributed by atoms with Crippen molar-refractivity contribution < 1.29 is 24.2 Å². The van der Waals surface area contributed by atoms with Crippen LogP contribution in [0.3, 0.4) is 0 Å². The van der Waals surface area contributed by atoms with E-state index in [1.54, 1.807) is 6.92 Å². The summed E-state index contributed by atoms with van der Waals surface area (Å²) in [6.45, 7) is 2.14. The minimum absolute atomic E-state index is 0.404. The first-order chi connectivity index (χ1) is 7.47. The molecule has 0 spiro atoms. The normalized spacial score (nSPS) is 12.1. The predicted octanol–water partition coefficient (Wildman–Crippen LogP) is -1.02. The Morgan fingerprint density at radius 1 is 1.50 bits per heavy atom. The molecule has 7 heteroatoms. The van der Waals surface area contributed by atoms with Gasteiger partial charge in [-0.15, -0.1) is 0 Å². The van der Waals surface area contributed by atoms with Gasteiger partial charge < -0.3 is 15.6 Å². The van der Waals surface area contributed by atoms with Gasteiger partial charge in [0, 0.05) is 6.08 Å². The van der Waals surface area contributed by atoms with Crippen molar-refractivity contribution in [2.45, 2.75) is 19.4 Å². The van der Waals surface area contributed by atoms with Gasteiger partial charge in [0.2, 0.25) is 5.91 Å². The van der Waals surface area contributed by atoms with Gasteiger partial charge in [0.05, 0.1) is 19.3 Å². The van der Waals surface area contributed by atoms with Crippen LogP contribution in [0, 0.1) is 0 Å². The van der Waals surface area contributed by atoms with Gasteiger partial charge in [-0.05, 0) is 6.92 Å². The molecule has 0 radical (unpaired) electrons. The molecule has 0 fully saturated rings. The number of carbonyl (C=O) groups excluding carboxylic acids is 2. The van der Waals surface area contributed by atoms with Crippen LogP contribution in [0.2, 0.25) is 0 Å². The van der Waals surface area contributed by atoms with Gasteiger partial charge in [-0.1, -0.05) is 0 Å². The third-order valence-corrected chi connectivity index (χ3v) is 1.47. The highest BCUT2D eigenvalue weighted by atomic mass is 16.5. The number of nitrogens with two attached hydrogens (primary N) is 1. The van der Waals surface area contributed by atoms with E-state index in [1.807, 2.05) is 5.32 Å². The highest BCUT2D eigenvalue weighted by Gasteiger charge is 2.16. The van der Waals surface area contributed by atoms with Gasteiger partial charge in [-0.25, -0.2) is 0 Å². The number of hydrogen-bond donors (Lipinski definition) is 3. The number of aliphatic carboxylic acids is 1. The van der Waals surface area contributed by atoms with E-state index in [-0.39, 0.29) is 0 Å². The molecule has 0 aliphatic rings. The van der Waals surface area contributed by atoms with E-state index in [2.05, 4.69) is 0 Å². The zero-order valence-corrected chi connectivity index (χ0v) is 8.80. The van der Waals surface area contributed by atoms with Crippen LogP contribution in [0.15, 0.2) is 12.3 Å². The van der Waals surface area contributed by atoms with Crippen molar-refractivity contribution in [2.75, 3.05) is 6.61 Å². The first-order valence-corrected chi connectivity index (χ1v) is 4.57. The van der Waals surface area contributed by atoms with Crippen molar-refractivity contribution in [3.63, 3.8) is 0 Å². The highest BCUT2D eigenvalue weighted by molar-refractivity contribution is 6.01. The van der Waals surface area contributed by atoms with Crippen molar-refractivity contribution in [1.29, 1.82) is 0 Å². The number of carbonyl (C=O) groups is 3. The fourth-order valence-electron chi connectivity index (χ4n) is 0.723. The van der Waals surface area contributed by atoms with E-state index in [0.29, 0.717) is 6.61 Å². The largest absolute Gasteiger partial charge is 0.501 e. The minimum atomic E-state index is -1.32. The van der Waals surface area contributed by atoms with Crippen molar-refractivity contribution >= 4 is 17.8 Å². The molecule has 16 heavy (non-hydrogen) atoms. The molecule has 0 unspecified atom stereocenters. The van der Waals surface area contributed by atoms with Crippen LogP contribution in [0.1, 0.15) is 13.3 Å². The van der Waals surface area contributed by atoms with Crippen molar-refractivity contribution in [1.82, 2.24) is 5.32 Å². The lowest BCUT2D eigenvalue weighted by molar-refractivity contribution is -0.141. The maximum atomic E-state index is 11.1. The van der Waals surface area contributed by atoms with Crippen LogP contribution >= 0.6 is 0 Å². The smallest absolute Gasteiger partial charge is 0.321 e. The summed E-state index contributed by atoms with van der Waals surface area (Å²) in [6, 6.07) is -1.32. The summed E-state index contributed by atoms with van der Waals surface area (Å²) in [4.78, 5) is 32.4. The van der Waals surface area contributed by atoms with Crippen LogP contribution in [0.25, 0.3) is 0 Å². The number of rotatable bonds is 6. The number of nitrogens with one attached hydrogen (secondary N) is 1. The average molecular weight is 230 g/mol. The van der Waals surface area contributed by atoms with Crippen LogP contribution < -0.4 is 11.1 Å².